The molecule has 17 heavy (non-hydrogen) atoms. The summed E-state index contributed by atoms with van der Waals surface area (Å²) in [5.41, 5.74) is -0.738. The summed E-state index contributed by atoms with van der Waals surface area (Å²) in [6.07, 6.45) is 3.99. The number of ether oxygens (including phenoxy) is 1. The normalized spacial score (nSPS) is 32.8. The van der Waals surface area contributed by atoms with E-state index in [9.17, 15) is 9.90 Å². The first kappa shape index (κ1) is 12.8. The smallest absolute Gasteiger partial charge is 0.225 e. The molecule has 0 aromatic heterocycles. The number of carbonyl (C=O) groups excluding carboxylic acids is 1. The quantitative estimate of drug-likeness (QED) is 0.793. The molecule has 1 saturated heterocycles. The van der Waals surface area contributed by atoms with Crippen molar-refractivity contribution in [1.29, 1.82) is 0 Å². The molecule has 2 aliphatic rings. The lowest BCUT2D eigenvalue weighted by Crippen LogP contribution is -2.52. The maximum Gasteiger partial charge on any atom is 0.225 e. The molecule has 0 spiro atoms. The van der Waals surface area contributed by atoms with E-state index in [2.05, 4.69) is 0 Å². The maximum atomic E-state index is 12.2. The van der Waals surface area contributed by atoms with E-state index < -0.39 is 5.60 Å². The number of hydrogen-bond acceptors (Lipinski definition) is 3. The van der Waals surface area contributed by atoms with Gasteiger partial charge in [-0.05, 0) is 26.7 Å². The van der Waals surface area contributed by atoms with Crippen LogP contribution in [-0.4, -0.2) is 46.8 Å². The number of morpholine rings is 1. The van der Waals surface area contributed by atoms with E-state index in [1.54, 1.807) is 0 Å². The van der Waals surface area contributed by atoms with Gasteiger partial charge in [0.25, 0.3) is 0 Å². The molecule has 1 amide bonds. The third-order valence-electron chi connectivity index (χ3n) is 4.22. The van der Waals surface area contributed by atoms with E-state index in [0.29, 0.717) is 13.2 Å². The predicted octanol–water partition coefficient (Wildman–Crippen LogP) is 1.32. The molecule has 0 aromatic rings. The molecular formula is C13H23NO3. The van der Waals surface area contributed by atoms with Crippen LogP contribution in [0.2, 0.25) is 0 Å². The van der Waals surface area contributed by atoms with Gasteiger partial charge in [0, 0.05) is 6.54 Å². The van der Waals surface area contributed by atoms with Crippen molar-refractivity contribution < 1.29 is 14.6 Å². The second-order valence-corrected chi connectivity index (χ2v) is 5.51. The highest BCUT2D eigenvalue weighted by Crippen LogP contribution is 2.33. The van der Waals surface area contributed by atoms with Gasteiger partial charge in [0.15, 0.2) is 0 Å². The summed E-state index contributed by atoms with van der Waals surface area (Å²) < 4.78 is 5.51. The Kier molecular flexibility index (Phi) is 3.73. The van der Waals surface area contributed by atoms with E-state index in [1.165, 1.54) is 0 Å². The van der Waals surface area contributed by atoms with Gasteiger partial charge in [-0.2, -0.15) is 0 Å². The van der Waals surface area contributed by atoms with Gasteiger partial charge < -0.3 is 14.7 Å². The zero-order chi connectivity index (χ0) is 12.5. The minimum Gasteiger partial charge on any atom is -0.389 e. The van der Waals surface area contributed by atoms with Crippen molar-refractivity contribution in [3.8, 4) is 0 Å². The van der Waals surface area contributed by atoms with Gasteiger partial charge in [-0.3, -0.25) is 4.79 Å². The first-order valence-electron chi connectivity index (χ1n) is 6.65. The van der Waals surface area contributed by atoms with Crippen molar-refractivity contribution >= 4 is 5.91 Å². The molecule has 4 nitrogen and oxygen atoms in total. The Morgan fingerprint density at radius 3 is 2.71 bits per heavy atom. The molecule has 1 aliphatic heterocycles. The Morgan fingerprint density at radius 1 is 1.41 bits per heavy atom. The van der Waals surface area contributed by atoms with Gasteiger partial charge in [0.1, 0.15) is 0 Å². The van der Waals surface area contributed by atoms with Gasteiger partial charge in [-0.25, -0.2) is 0 Å². The first-order valence-corrected chi connectivity index (χ1v) is 6.65. The minimum atomic E-state index is -0.738. The highest BCUT2D eigenvalue weighted by atomic mass is 16.5. The van der Waals surface area contributed by atoms with Gasteiger partial charge in [-0.15, -0.1) is 0 Å². The standard InChI is InChI=1S/C13H23NO3/c1-10-11(2)17-8-7-14(10)12(15)9-13(16)5-3-4-6-13/h10-11,16H,3-9H2,1-2H3. The Balaban J connectivity index is 1.95. The second kappa shape index (κ2) is 4.94. The highest BCUT2D eigenvalue weighted by Gasteiger charge is 2.37. The molecule has 1 saturated carbocycles. The Hall–Kier alpha value is -0.610. The fourth-order valence-corrected chi connectivity index (χ4v) is 2.88. The molecule has 0 bridgehead atoms. The molecule has 1 N–H and O–H groups in total. The summed E-state index contributed by atoms with van der Waals surface area (Å²) in [4.78, 5) is 14.1. The molecule has 1 aliphatic carbocycles. The summed E-state index contributed by atoms with van der Waals surface area (Å²) in [7, 11) is 0. The van der Waals surface area contributed by atoms with Crippen LogP contribution in [-0.2, 0) is 9.53 Å². The van der Waals surface area contributed by atoms with Crippen LogP contribution >= 0.6 is 0 Å². The van der Waals surface area contributed by atoms with E-state index >= 15 is 0 Å². The molecule has 2 unspecified atom stereocenters. The SMILES string of the molecule is CC1OCCN(C(=O)CC2(O)CCCC2)C1C. The van der Waals surface area contributed by atoms with Gasteiger partial charge in [0.05, 0.1) is 30.8 Å². The third kappa shape index (κ3) is 2.80. The Morgan fingerprint density at radius 2 is 2.06 bits per heavy atom. The van der Waals surface area contributed by atoms with Crippen LogP contribution in [0.25, 0.3) is 0 Å². The number of amides is 1. The van der Waals surface area contributed by atoms with E-state index in [-0.39, 0.29) is 24.5 Å². The summed E-state index contributed by atoms with van der Waals surface area (Å²) in [6.45, 7) is 5.27. The average Bonchev–Trinajstić information content (AvgIpc) is 2.68. The molecule has 2 atom stereocenters. The van der Waals surface area contributed by atoms with Crippen LogP contribution in [0.5, 0.6) is 0 Å². The average molecular weight is 241 g/mol. The summed E-state index contributed by atoms with van der Waals surface area (Å²) in [6, 6.07) is 0.112. The van der Waals surface area contributed by atoms with Crippen molar-refractivity contribution in [1.82, 2.24) is 4.90 Å². The molecule has 2 rings (SSSR count). The van der Waals surface area contributed by atoms with Crippen molar-refractivity contribution in [3.05, 3.63) is 0 Å². The van der Waals surface area contributed by atoms with Crippen LogP contribution in [0, 0.1) is 0 Å². The molecule has 0 radical (unpaired) electrons. The summed E-state index contributed by atoms with van der Waals surface area (Å²) in [5, 5.41) is 10.3. The van der Waals surface area contributed by atoms with Crippen molar-refractivity contribution in [2.24, 2.45) is 0 Å². The fraction of sp³-hybridized carbons (Fsp3) is 0.923. The van der Waals surface area contributed by atoms with Crippen molar-refractivity contribution in [2.45, 2.75) is 63.7 Å². The fourth-order valence-electron chi connectivity index (χ4n) is 2.88. The lowest BCUT2D eigenvalue weighted by molar-refractivity contribution is -0.148. The Bertz CT molecular complexity index is 286. The first-order chi connectivity index (χ1) is 8.02. The summed E-state index contributed by atoms with van der Waals surface area (Å²) in [5.74, 6) is 0.0806. The Labute approximate surface area is 103 Å². The lowest BCUT2D eigenvalue weighted by Gasteiger charge is -2.39. The maximum absolute atomic E-state index is 12.2. The van der Waals surface area contributed by atoms with Crippen LogP contribution in [0.3, 0.4) is 0 Å². The number of aliphatic hydroxyl groups is 1. The number of nitrogens with zero attached hydrogens (tertiary/aromatic N) is 1. The van der Waals surface area contributed by atoms with E-state index in [1.807, 2.05) is 18.7 Å². The predicted molar refractivity (Wildman–Crippen MR) is 64.6 cm³/mol. The van der Waals surface area contributed by atoms with Gasteiger partial charge >= 0.3 is 0 Å². The van der Waals surface area contributed by atoms with Crippen molar-refractivity contribution in [3.63, 3.8) is 0 Å². The topological polar surface area (TPSA) is 49.8 Å². The van der Waals surface area contributed by atoms with Crippen LogP contribution < -0.4 is 0 Å². The second-order valence-electron chi connectivity index (χ2n) is 5.51. The molecule has 98 valence electrons. The molecule has 0 aromatic carbocycles. The van der Waals surface area contributed by atoms with Gasteiger partial charge in [-0.1, -0.05) is 12.8 Å². The van der Waals surface area contributed by atoms with Crippen LogP contribution in [0.4, 0.5) is 0 Å². The third-order valence-corrected chi connectivity index (χ3v) is 4.22. The van der Waals surface area contributed by atoms with Crippen LogP contribution in [0.15, 0.2) is 0 Å². The molecule has 1 heterocycles. The molecule has 2 fully saturated rings. The number of hydrogen-bond donors (Lipinski definition) is 1. The zero-order valence-corrected chi connectivity index (χ0v) is 10.8. The zero-order valence-electron chi connectivity index (χ0n) is 10.8. The number of rotatable bonds is 2. The monoisotopic (exact) mass is 241 g/mol. The largest absolute Gasteiger partial charge is 0.389 e. The molecule has 4 heteroatoms. The minimum absolute atomic E-state index is 0.0806. The van der Waals surface area contributed by atoms with Crippen molar-refractivity contribution in [2.75, 3.05) is 13.2 Å². The highest BCUT2D eigenvalue weighted by molar-refractivity contribution is 5.77. The number of carbonyl (C=O) groups is 1. The lowest BCUT2D eigenvalue weighted by atomic mass is 9.96. The van der Waals surface area contributed by atoms with E-state index in [0.717, 1.165) is 25.7 Å². The van der Waals surface area contributed by atoms with E-state index in [4.69, 9.17) is 4.74 Å². The summed E-state index contributed by atoms with van der Waals surface area (Å²) >= 11 is 0. The van der Waals surface area contributed by atoms with Gasteiger partial charge in [0.2, 0.25) is 5.91 Å². The van der Waals surface area contributed by atoms with Crippen LogP contribution in [0.1, 0.15) is 46.0 Å². The molecular weight excluding hydrogens is 218 g/mol.